The Morgan fingerprint density at radius 2 is 0.816 bits per heavy atom. The van der Waals surface area contributed by atoms with Gasteiger partial charge in [0, 0.05) is 38.8 Å². The maximum Gasteiger partial charge on any atom is 0.211 e. The molecule has 0 fully saturated rings. The molecule has 0 saturated carbocycles. The molecule has 4 aromatic rings. The molecule has 0 unspecified atom stereocenters. The van der Waals surface area contributed by atoms with Crippen molar-refractivity contribution in [2.45, 2.75) is 105 Å². The molecule has 0 aliphatic carbocycles. The quantitative estimate of drug-likeness (QED) is 0.101. The largest absolute Gasteiger partial charge is 0.508 e. The molecule has 5 rings (SSSR count). The van der Waals surface area contributed by atoms with Gasteiger partial charge < -0.3 is 15.7 Å². The van der Waals surface area contributed by atoms with Crippen LogP contribution in [-0.2, 0) is 29.3 Å². The minimum atomic E-state index is 0. The van der Waals surface area contributed by atoms with Crippen LogP contribution in [0, 0.1) is 0 Å². The molecule has 264 valence electrons. The van der Waals surface area contributed by atoms with Crippen LogP contribution in [0.25, 0.3) is 16.9 Å². The third-order valence-electron chi connectivity index (χ3n) is 8.47. The number of hydrogen-bond acceptors (Lipinski definition) is 2. The number of aryl methyl sites for hydroxylation is 2. The molecule has 4 nitrogen and oxygen atoms in total. The number of unbranched alkanes of at least 4 members (excludes halogenated alkanes) is 4. The van der Waals surface area contributed by atoms with E-state index in [1.54, 1.807) is 48.5 Å². The van der Waals surface area contributed by atoms with E-state index in [4.69, 9.17) is 10.2 Å². The van der Waals surface area contributed by atoms with E-state index >= 15 is 0 Å². The van der Waals surface area contributed by atoms with Gasteiger partial charge in [-0.05, 0) is 111 Å². The topological polar surface area (TPSA) is 65.8 Å². The molecule has 1 aliphatic rings. The summed E-state index contributed by atoms with van der Waals surface area (Å²) in [5.41, 5.74) is 21.5. The Morgan fingerprint density at radius 3 is 1.12 bits per heavy atom. The Hall–Kier alpha value is -3.95. The second-order valence-corrected chi connectivity index (χ2v) is 12.5. The van der Waals surface area contributed by atoms with Gasteiger partial charge >= 0.3 is 0 Å². The number of phenolic OH excluding ortho intramolecular Hbond substituents is 2. The molecule has 0 aromatic heterocycles. The number of aromatic hydroxyl groups is 2. The van der Waals surface area contributed by atoms with Crippen molar-refractivity contribution >= 4 is 11.4 Å². The van der Waals surface area contributed by atoms with Gasteiger partial charge in [0.1, 0.15) is 11.5 Å². The zero-order valence-corrected chi connectivity index (χ0v) is 31.0. The van der Waals surface area contributed by atoms with Gasteiger partial charge in [-0.3, -0.25) is 0 Å². The van der Waals surface area contributed by atoms with Crippen molar-refractivity contribution in [1.82, 2.24) is 0 Å². The predicted octanol–water partition coefficient (Wildman–Crippen LogP) is 12.7. The molecule has 5 heteroatoms. The third-order valence-corrected chi connectivity index (χ3v) is 8.47. The van der Waals surface area contributed by atoms with Crippen molar-refractivity contribution < 1.29 is 31.4 Å². The summed E-state index contributed by atoms with van der Waals surface area (Å²) in [5.74, 6) is 0.644. The van der Waals surface area contributed by atoms with Crippen molar-refractivity contribution in [3.05, 3.63) is 148 Å². The monoisotopic (exact) mass is 702 g/mol. The van der Waals surface area contributed by atoms with Crippen molar-refractivity contribution in [1.29, 1.82) is 0 Å². The van der Waals surface area contributed by atoms with Crippen molar-refractivity contribution in [3.63, 3.8) is 0 Å². The number of nitrogens with zero attached hydrogens (tertiary/aromatic N) is 2. The number of rotatable bonds is 14. The predicted molar refractivity (Wildman–Crippen MR) is 203 cm³/mol. The minimum absolute atomic E-state index is 0. The summed E-state index contributed by atoms with van der Waals surface area (Å²) in [6.07, 6.45) is 13.6. The number of phenols is 2. The van der Waals surface area contributed by atoms with Crippen molar-refractivity contribution in [2.24, 2.45) is 0 Å². The standard InChI is InChI=1S/C32H44N2.2C6H6O.Ni/c1-5-9-15-25-17-13-19-27(23-25)31-29(21-11-7-3)30(22-12-8-4)32(34(31)33)28-20-14-18-26(24-28)16-10-6-2;2*7-6-4-2-1-3-5-6;/h13-14,17-20,23-24H,5-12,15-16,21-22H2,1-4H3;2*1-5,7H;. The molecule has 4 aromatic carbocycles. The van der Waals surface area contributed by atoms with E-state index in [-0.39, 0.29) is 16.5 Å². The fraction of sp³-hybridized carbons (Fsp3) is 0.364. The summed E-state index contributed by atoms with van der Waals surface area (Å²) in [6.45, 7) is 8.99. The zero-order chi connectivity index (χ0) is 34.6. The summed E-state index contributed by atoms with van der Waals surface area (Å²) < 4.78 is 1.54. The Kier molecular flexibility index (Phi) is 19.7. The summed E-state index contributed by atoms with van der Waals surface area (Å²) in [4.78, 5) is 0. The molecular weight excluding hydrogens is 647 g/mol. The Balaban J connectivity index is 0.000000456. The van der Waals surface area contributed by atoms with Crippen LogP contribution in [0.5, 0.6) is 11.5 Å². The first-order chi connectivity index (χ1) is 23.4. The molecule has 2 N–H and O–H groups in total. The summed E-state index contributed by atoms with van der Waals surface area (Å²) >= 11 is 0. The van der Waals surface area contributed by atoms with Crippen LogP contribution in [0.2, 0.25) is 0 Å². The van der Waals surface area contributed by atoms with Gasteiger partial charge in [-0.2, -0.15) is 0 Å². The first kappa shape index (κ1) is 41.2. The zero-order valence-electron chi connectivity index (χ0n) is 30.0. The van der Waals surface area contributed by atoms with E-state index in [0.29, 0.717) is 11.5 Å². The van der Waals surface area contributed by atoms with Crippen LogP contribution in [0.15, 0.2) is 120 Å². The molecule has 0 bridgehead atoms. The van der Waals surface area contributed by atoms with Crippen molar-refractivity contribution in [2.75, 3.05) is 0 Å². The fourth-order valence-corrected chi connectivity index (χ4v) is 5.86. The van der Waals surface area contributed by atoms with Gasteiger partial charge in [0.05, 0.1) is 0 Å². The fourth-order valence-electron chi connectivity index (χ4n) is 5.86. The van der Waals surface area contributed by atoms with Crippen LogP contribution in [0.1, 0.15) is 114 Å². The molecule has 0 atom stereocenters. The maximum atomic E-state index is 11.7. The molecular formula is C44H56N2NiO2. The van der Waals surface area contributed by atoms with Crippen LogP contribution in [0.3, 0.4) is 0 Å². The van der Waals surface area contributed by atoms with Gasteiger partial charge in [0.15, 0.2) is 0 Å². The van der Waals surface area contributed by atoms with Crippen LogP contribution < -0.4 is 0 Å². The van der Waals surface area contributed by atoms with E-state index in [0.717, 1.165) is 73.9 Å². The van der Waals surface area contributed by atoms with E-state index in [1.165, 1.54) is 52.7 Å². The molecule has 0 amide bonds. The molecule has 0 spiro atoms. The minimum Gasteiger partial charge on any atom is -0.508 e. The van der Waals surface area contributed by atoms with Crippen LogP contribution in [-0.4, -0.2) is 14.9 Å². The van der Waals surface area contributed by atoms with Gasteiger partial charge in [-0.1, -0.05) is 114 Å². The summed E-state index contributed by atoms with van der Waals surface area (Å²) in [5, 5.41) is 17.3. The molecule has 0 radical (unpaired) electrons. The SMILES string of the molecule is CCCCC1=C(c2cccc(CCCC)c2)[N+](=[N-])C(c2cccc(CCCC)c2)=C1CCCC.Oc1ccccc1.Oc1ccccc1.[Ni]. The maximum absolute atomic E-state index is 11.7. The van der Waals surface area contributed by atoms with E-state index in [1.807, 2.05) is 12.1 Å². The number of para-hydroxylation sites is 2. The summed E-state index contributed by atoms with van der Waals surface area (Å²) in [6, 6.07) is 35.2. The molecule has 1 aliphatic heterocycles. The van der Waals surface area contributed by atoms with Gasteiger partial charge in [0.25, 0.3) is 0 Å². The first-order valence-corrected chi connectivity index (χ1v) is 18.1. The Morgan fingerprint density at radius 1 is 0.469 bits per heavy atom. The van der Waals surface area contributed by atoms with E-state index in [9.17, 15) is 5.53 Å². The Bertz CT molecular complexity index is 1480. The molecule has 0 saturated heterocycles. The normalized spacial score (nSPS) is 12.1. The number of hydrogen-bond donors (Lipinski definition) is 2. The number of allylic oxidation sites excluding steroid dienone is 2. The second-order valence-electron chi connectivity index (χ2n) is 12.5. The van der Waals surface area contributed by atoms with Crippen LogP contribution in [0.4, 0.5) is 0 Å². The van der Waals surface area contributed by atoms with Gasteiger partial charge in [-0.25, -0.2) is 4.70 Å². The van der Waals surface area contributed by atoms with Gasteiger partial charge in [0.2, 0.25) is 11.4 Å². The smallest absolute Gasteiger partial charge is 0.211 e. The van der Waals surface area contributed by atoms with Crippen molar-refractivity contribution in [3.8, 4) is 11.5 Å². The van der Waals surface area contributed by atoms with Crippen LogP contribution >= 0.6 is 0 Å². The average molecular weight is 704 g/mol. The third kappa shape index (κ3) is 13.5. The van der Waals surface area contributed by atoms with Gasteiger partial charge in [-0.15, -0.1) is 0 Å². The Labute approximate surface area is 306 Å². The van der Waals surface area contributed by atoms with E-state index < -0.39 is 0 Å². The summed E-state index contributed by atoms with van der Waals surface area (Å²) in [7, 11) is 0. The first-order valence-electron chi connectivity index (χ1n) is 18.1. The number of benzene rings is 4. The molecule has 49 heavy (non-hydrogen) atoms. The molecule has 1 heterocycles. The van der Waals surface area contributed by atoms with E-state index in [2.05, 4.69) is 76.2 Å². The average Bonchev–Trinajstić information content (AvgIpc) is 3.39. The second kappa shape index (κ2) is 23.4.